The molecular weight excluding hydrogens is 394 g/mol. The second kappa shape index (κ2) is 7.67. The summed E-state index contributed by atoms with van der Waals surface area (Å²) in [5.74, 6) is 0.776. The molecule has 0 spiro atoms. The molecule has 1 aromatic heterocycles. The molecule has 1 aliphatic heterocycles. The number of hydrogen-bond donors (Lipinski definition) is 0. The minimum Gasteiger partial charge on any atom is -0.485 e. The maximum absolute atomic E-state index is 12.5. The summed E-state index contributed by atoms with van der Waals surface area (Å²) in [6.07, 6.45) is 3.91. The standard InChI is InChI=1S/C20H19N3O5S/c1-29(25,26)23-10-2-3-15-11-16(6-9-18(15)23)19(24)12-27-17-7-4-14(5-8-17)20-22-21-13-28-20/h4-9,11,13H,2-3,10,12H2,1H3. The lowest BCUT2D eigenvalue weighted by atomic mass is 9.99. The van der Waals surface area contributed by atoms with Crippen LogP contribution in [-0.2, 0) is 16.4 Å². The molecule has 0 unspecified atom stereocenters. The number of sulfonamides is 1. The molecule has 4 rings (SSSR count). The van der Waals surface area contributed by atoms with E-state index in [1.165, 1.54) is 17.0 Å². The Balaban J connectivity index is 1.44. The minimum absolute atomic E-state index is 0.117. The largest absolute Gasteiger partial charge is 0.485 e. The Morgan fingerprint density at radius 2 is 2.00 bits per heavy atom. The summed E-state index contributed by atoms with van der Waals surface area (Å²) >= 11 is 0. The van der Waals surface area contributed by atoms with Crippen LogP contribution in [0.2, 0.25) is 0 Å². The van der Waals surface area contributed by atoms with Crippen molar-refractivity contribution in [3.63, 3.8) is 0 Å². The molecule has 9 heteroatoms. The summed E-state index contributed by atoms with van der Waals surface area (Å²) in [5.41, 5.74) is 2.76. The van der Waals surface area contributed by atoms with E-state index in [4.69, 9.17) is 9.15 Å². The topological polar surface area (TPSA) is 103 Å². The lowest BCUT2D eigenvalue weighted by Gasteiger charge is -2.29. The molecule has 0 radical (unpaired) electrons. The summed E-state index contributed by atoms with van der Waals surface area (Å²) in [6.45, 7) is 0.344. The van der Waals surface area contributed by atoms with Crippen LogP contribution in [-0.4, -0.2) is 43.8 Å². The first-order chi connectivity index (χ1) is 13.9. The van der Waals surface area contributed by atoms with Crippen molar-refractivity contribution in [3.05, 3.63) is 60.0 Å². The highest BCUT2D eigenvalue weighted by Gasteiger charge is 2.24. The van der Waals surface area contributed by atoms with Gasteiger partial charge in [0.25, 0.3) is 0 Å². The van der Waals surface area contributed by atoms with Crippen LogP contribution in [0.3, 0.4) is 0 Å². The number of fused-ring (bicyclic) bond motifs is 1. The van der Waals surface area contributed by atoms with E-state index in [1.54, 1.807) is 42.5 Å². The van der Waals surface area contributed by atoms with Crippen molar-refractivity contribution in [2.24, 2.45) is 0 Å². The third-order valence-electron chi connectivity index (χ3n) is 4.71. The summed E-state index contributed by atoms with van der Waals surface area (Å²) in [5, 5.41) is 7.47. The molecule has 0 aliphatic carbocycles. The van der Waals surface area contributed by atoms with Crippen LogP contribution in [0.4, 0.5) is 5.69 Å². The highest BCUT2D eigenvalue weighted by atomic mass is 32.2. The van der Waals surface area contributed by atoms with Crippen molar-refractivity contribution in [2.75, 3.05) is 23.7 Å². The molecule has 3 aromatic rings. The lowest BCUT2D eigenvalue weighted by Crippen LogP contribution is -2.34. The summed E-state index contributed by atoms with van der Waals surface area (Å²) < 4.78 is 36.0. The monoisotopic (exact) mass is 413 g/mol. The molecule has 8 nitrogen and oxygen atoms in total. The van der Waals surface area contributed by atoms with Gasteiger partial charge in [0, 0.05) is 17.7 Å². The van der Waals surface area contributed by atoms with Gasteiger partial charge < -0.3 is 9.15 Å². The molecule has 29 heavy (non-hydrogen) atoms. The van der Waals surface area contributed by atoms with Crippen LogP contribution < -0.4 is 9.04 Å². The molecule has 0 atom stereocenters. The molecule has 0 fully saturated rings. The zero-order valence-corrected chi connectivity index (χ0v) is 16.6. The van der Waals surface area contributed by atoms with Crippen molar-refractivity contribution >= 4 is 21.5 Å². The van der Waals surface area contributed by atoms with E-state index in [-0.39, 0.29) is 12.4 Å². The number of hydrogen-bond acceptors (Lipinski definition) is 7. The van der Waals surface area contributed by atoms with Gasteiger partial charge in [-0.15, -0.1) is 10.2 Å². The minimum atomic E-state index is -3.33. The Kier molecular flexibility index (Phi) is 5.06. The van der Waals surface area contributed by atoms with Gasteiger partial charge in [-0.1, -0.05) is 0 Å². The number of aryl methyl sites for hydroxylation is 1. The molecule has 0 saturated carbocycles. The van der Waals surface area contributed by atoms with Crippen molar-refractivity contribution in [1.29, 1.82) is 0 Å². The fourth-order valence-corrected chi connectivity index (χ4v) is 4.30. The van der Waals surface area contributed by atoms with E-state index >= 15 is 0 Å². The lowest BCUT2D eigenvalue weighted by molar-refractivity contribution is 0.0921. The molecule has 2 heterocycles. The van der Waals surface area contributed by atoms with Crippen LogP contribution >= 0.6 is 0 Å². The van der Waals surface area contributed by atoms with Crippen LogP contribution in [0, 0.1) is 0 Å². The summed E-state index contributed by atoms with van der Waals surface area (Å²) in [6, 6.07) is 12.1. The summed E-state index contributed by atoms with van der Waals surface area (Å²) in [4.78, 5) is 12.5. The maximum Gasteiger partial charge on any atom is 0.247 e. The molecule has 0 amide bonds. The van der Waals surface area contributed by atoms with Gasteiger partial charge >= 0.3 is 0 Å². The van der Waals surface area contributed by atoms with Gasteiger partial charge in [0.15, 0.2) is 12.4 Å². The predicted octanol–water partition coefficient (Wildman–Crippen LogP) is 2.71. The average Bonchev–Trinajstić information content (AvgIpc) is 3.25. The van der Waals surface area contributed by atoms with Gasteiger partial charge in [-0.2, -0.15) is 0 Å². The maximum atomic E-state index is 12.5. The number of nitrogens with zero attached hydrogens (tertiary/aromatic N) is 3. The number of aromatic nitrogens is 2. The summed E-state index contributed by atoms with van der Waals surface area (Å²) in [7, 11) is -3.33. The van der Waals surface area contributed by atoms with E-state index in [0.29, 0.717) is 29.4 Å². The van der Waals surface area contributed by atoms with E-state index in [0.717, 1.165) is 24.0 Å². The first kappa shape index (κ1) is 19.1. The number of ketones is 1. The van der Waals surface area contributed by atoms with E-state index in [9.17, 15) is 13.2 Å². The second-order valence-electron chi connectivity index (χ2n) is 6.76. The van der Waals surface area contributed by atoms with Gasteiger partial charge in [-0.25, -0.2) is 8.42 Å². The number of benzene rings is 2. The molecule has 0 bridgehead atoms. The van der Waals surface area contributed by atoms with Crippen molar-refractivity contribution < 1.29 is 22.4 Å². The van der Waals surface area contributed by atoms with Gasteiger partial charge in [0.05, 0.1) is 11.9 Å². The van der Waals surface area contributed by atoms with Crippen LogP contribution in [0.1, 0.15) is 22.3 Å². The first-order valence-electron chi connectivity index (χ1n) is 9.05. The quantitative estimate of drug-likeness (QED) is 0.573. The third-order valence-corrected chi connectivity index (χ3v) is 5.89. The van der Waals surface area contributed by atoms with Gasteiger partial charge in [0.1, 0.15) is 5.75 Å². The average molecular weight is 413 g/mol. The number of ether oxygens (including phenoxy) is 1. The molecule has 0 N–H and O–H groups in total. The fraction of sp³-hybridized carbons (Fsp3) is 0.250. The smallest absolute Gasteiger partial charge is 0.247 e. The molecule has 2 aromatic carbocycles. The van der Waals surface area contributed by atoms with Crippen molar-refractivity contribution in [3.8, 4) is 17.2 Å². The van der Waals surface area contributed by atoms with Gasteiger partial charge in [-0.05, 0) is 60.9 Å². The predicted molar refractivity (Wildman–Crippen MR) is 107 cm³/mol. The SMILES string of the molecule is CS(=O)(=O)N1CCCc2cc(C(=O)COc3ccc(-c4nnco4)cc3)ccc21. The Morgan fingerprint density at radius 3 is 2.69 bits per heavy atom. The van der Waals surface area contributed by atoms with Crippen LogP contribution in [0.25, 0.3) is 11.5 Å². The zero-order valence-electron chi connectivity index (χ0n) is 15.7. The van der Waals surface area contributed by atoms with Crippen molar-refractivity contribution in [2.45, 2.75) is 12.8 Å². The number of anilines is 1. The first-order valence-corrected chi connectivity index (χ1v) is 10.9. The highest BCUT2D eigenvalue weighted by molar-refractivity contribution is 7.92. The third kappa shape index (κ3) is 4.14. The molecular formula is C20H19N3O5S. The molecule has 0 saturated heterocycles. The number of Topliss-reactive ketones (excluding diaryl/α,β-unsaturated/α-hetero) is 1. The van der Waals surface area contributed by atoms with E-state index in [2.05, 4.69) is 10.2 Å². The van der Waals surface area contributed by atoms with E-state index in [1.807, 2.05) is 0 Å². The number of carbonyl (C=O) groups excluding carboxylic acids is 1. The Morgan fingerprint density at radius 1 is 1.21 bits per heavy atom. The second-order valence-corrected chi connectivity index (χ2v) is 8.67. The number of rotatable bonds is 6. The Bertz CT molecular complexity index is 1130. The Hall–Kier alpha value is -3.20. The van der Waals surface area contributed by atoms with Gasteiger partial charge in [0.2, 0.25) is 22.3 Å². The highest BCUT2D eigenvalue weighted by Crippen LogP contribution is 2.30. The number of carbonyl (C=O) groups is 1. The normalized spacial score (nSPS) is 13.8. The fourth-order valence-electron chi connectivity index (χ4n) is 3.31. The molecule has 150 valence electrons. The zero-order chi connectivity index (χ0) is 20.4. The van der Waals surface area contributed by atoms with Crippen molar-refractivity contribution in [1.82, 2.24) is 10.2 Å². The van der Waals surface area contributed by atoms with Crippen LogP contribution in [0.5, 0.6) is 5.75 Å². The molecule has 1 aliphatic rings. The Labute approximate surface area is 168 Å². The van der Waals surface area contributed by atoms with Crippen LogP contribution in [0.15, 0.2) is 53.3 Å². The van der Waals surface area contributed by atoms with E-state index < -0.39 is 10.0 Å². The van der Waals surface area contributed by atoms with Gasteiger partial charge in [-0.3, -0.25) is 9.10 Å².